The number of hydrogen-bond donors (Lipinski definition) is 2. The van der Waals surface area contributed by atoms with Gasteiger partial charge in [-0.1, -0.05) is 14.9 Å². The Hall–Kier alpha value is -4.73. The molecule has 17 heteroatoms. The lowest BCUT2D eigenvalue weighted by Crippen LogP contribution is -2.06. The second-order valence-electron chi connectivity index (χ2n) is 6.21. The van der Waals surface area contributed by atoms with Crippen molar-refractivity contribution in [2.45, 2.75) is 28.1 Å². The highest BCUT2D eigenvalue weighted by Gasteiger charge is 2.09. The Morgan fingerprint density at radius 3 is 1.32 bits per heavy atom. The number of pyridine rings is 3. The molecule has 228 valence electrons. The van der Waals surface area contributed by atoms with E-state index in [1.807, 2.05) is 0 Å². The van der Waals surface area contributed by atoms with Crippen molar-refractivity contribution in [1.82, 2.24) is 15.0 Å². The van der Waals surface area contributed by atoms with Gasteiger partial charge in [-0.15, -0.1) is 12.4 Å². The van der Waals surface area contributed by atoms with Crippen molar-refractivity contribution in [2.75, 3.05) is 14.2 Å². The van der Waals surface area contributed by atoms with Crippen molar-refractivity contribution in [3.8, 4) is 17.2 Å². The average Bonchev–Trinajstić information content (AvgIpc) is 2.89. The highest BCUT2D eigenvalue weighted by atomic mass is 35.5. The topological polar surface area (TPSA) is 167 Å². The second-order valence-corrected chi connectivity index (χ2v) is 6.21. The molecule has 2 N–H and O–H groups in total. The molecule has 0 spiro atoms. The van der Waals surface area contributed by atoms with E-state index in [4.69, 9.17) is 10.2 Å². The lowest BCUT2D eigenvalue weighted by Gasteiger charge is -2.03. The van der Waals surface area contributed by atoms with Crippen LogP contribution in [-0.2, 0) is 9.47 Å². The van der Waals surface area contributed by atoms with Crippen molar-refractivity contribution in [2.24, 2.45) is 0 Å². The van der Waals surface area contributed by atoms with Crippen LogP contribution in [0.4, 0.5) is 17.6 Å². The van der Waals surface area contributed by atoms with Crippen LogP contribution in [0.3, 0.4) is 0 Å². The summed E-state index contributed by atoms with van der Waals surface area (Å²) in [6.45, 7) is -5.83. The van der Waals surface area contributed by atoms with E-state index < -0.39 is 31.1 Å². The van der Waals surface area contributed by atoms with E-state index in [2.05, 4.69) is 33.9 Å². The molecule has 0 saturated heterocycles. The summed E-state index contributed by atoms with van der Waals surface area (Å²) in [7, 11) is 2.48. The number of esters is 2. The molecule has 0 aromatic carbocycles. The molecular weight excluding hydrogens is 586 g/mol. The van der Waals surface area contributed by atoms with E-state index in [0.29, 0.717) is 0 Å². The van der Waals surface area contributed by atoms with E-state index in [-0.39, 0.29) is 61.6 Å². The molecule has 0 aliphatic rings. The van der Waals surface area contributed by atoms with Crippen molar-refractivity contribution < 1.29 is 61.1 Å². The molecule has 0 unspecified atom stereocenters. The summed E-state index contributed by atoms with van der Waals surface area (Å²) in [5.74, 6) is -2.60. The first-order valence-electron chi connectivity index (χ1n) is 9.83. The van der Waals surface area contributed by atoms with Crippen LogP contribution >= 0.6 is 12.4 Å². The summed E-state index contributed by atoms with van der Waals surface area (Å²) in [5.41, 5.74) is 0.000956. The van der Waals surface area contributed by atoms with E-state index in [0.717, 1.165) is 24.5 Å². The van der Waals surface area contributed by atoms with Gasteiger partial charge in [0.1, 0.15) is 34.3 Å². The first-order chi connectivity index (χ1) is 18.0. The first kappa shape index (κ1) is 40.8. The Labute approximate surface area is 238 Å². The average molecular weight is 614 g/mol. The minimum atomic E-state index is -2.93. The Morgan fingerprint density at radius 2 is 1.05 bits per heavy atom. The van der Waals surface area contributed by atoms with Gasteiger partial charge in [0.2, 0.25) is 0 Å². The fourth-order valence-corrected chi connectivity index (χ4v) is 2.07. The highest BCUT2D eigenvalue weighted by Crippen LogP contribution is 2.13. The maximum Gasteiger partial charge on any atom is 0.387 e. The number of carboxylic acids is 1. The molecule has 3 rings (SSSR count). The molecule has 0 saturated carbocycles. The maximum atomic E-state index is 11.7. The molecule has 0 radical (unpaired) electrons. The van der Waals surface area contributed by atoms with E-state index >= 15 is 0 Å². The van der Waals surface area contributed by atoms with Crippen LogP contribution in [-0.4, -0.2) is 70.5 Å². The fourth-order valence-electron chi connectivity index (χ4n) is 2.07. The molecule has 0 bridgehead atoms. The molecule has 0 amide bonds. The van der Waals surface area contributed by atoms with Crippen LogP contribution in [0.5, 0.6) is 17.2 Å². The van der Waals surface area contributed by atoms with Crippen LogP contribution in [0, 0.1) is 0 Å². The van der Waals surface area contributed by atoms with Crippen molar-refractivity contribution in [1.29, 1.82) is 0 Å². The summed E-state index contributed by atoms with van der Waals surface area (Å²) in [4.78, 5) is 42.5. The van der Waals surface area contributed by atoms with Gasteiger partial charge < -0.3 is 29.2 Å². The number of ether oxygens (including phenoxy) is 4. The first-order valence-corrected chi connectivity index (χ1v) is 9.83. The summed E-state index contributed by atoms with van der Waals surface area (Å²) < 4.78 is 63.4. The molecule has 3 heterocycles. The number of carboxylic acid groups (broad SMARTS) is 1. The molecule has 3 aromatic rings. The van der Waals surface area contributed by atoms with Gasteiger partial charge in [-0.3, -0.25) is 0 Å². The summed E-state index contributed by atoms with van der Waals surface area (Å²) >= 11 is 0. The largest absolute Gasteiger partial charge is 0.506 e. The van der Waals surface area contributed by atoms with Gasteiger partial charge in [-0.05, 0) is 36.4 Å². The van der Waals surface area contributed by atoms with Gasteiger partial charge in [-0.25, -0.2) is 29.3 Å². The number of aromatic carboxylic acids is 1. The zero-order chi connectivity index (χ0) is 28.7. The number of carbonyl (C=O) groups excluding carboxylic acids is 2. The fraction of sp³-hybridized carbons (Fsp3) is 0.250. The SMILES string of the molecule is C.C.COC(=O)c1ccc(O)cn1.COC(=O)c1ccc(OC(F)F)cn1.Cl.O=C(O)c1ccc(OC(F)F)cn1. The summed E-state index contributed by atoms with van der Waals surface area (Å²) in [6.07, 6.45) is 3.14. The Morgan fingerprint density at radius 1 is 0.683 bits per heavy atom. The second kappa shape index (κ2) is 21.1. The smallest absolute Gasteiger partial charge is 0.387 e. The lowest BCUT2D eigenvalue weighted by molar-refractivity contribution is -0.0507. The number of nitrogens with zero attached hydrogens (tertiary/aromatic N) is 3. The van der Waals surface area contributed by atoms with Crippen LogP contribution in [0.15, 0.2) is 55.0 Å². The number of methoxy groups -OCH3 is 2. The third-order valence-corrected chi connectivity index (χ3v) is 3.68. The Kier molecular flexibility index (Phi) is 21.0. The Bertz CT molecular complexity index is 1170. The zero-order valence-electron chi connectivity index (χ0n) is 19.9. The number of carbonyl (C=O) groups is 3. The monoisotopic (exact) mass is 613 g/mol. The van der Waals surface area contributed by atoms with Gasteiger partial charge in [0.25, 0.3) is 0 Å². The minimum absolute atomic E-state index is 0. The van der Waals surface area contributed by atoms with Crippen molar-refractivity contribution in [3.63, 3.8) is 0 Å². The number of rotatable bonds is 7. The van der Waals surface area contributed by atoms with E-state index in [1.165, 1.54) is 44.7 Å². The number of aromatic hydroxyl groups is 1. The maximum absolute atomic E-state index is 11.7. The number of halogens is 5. The predicted molar refractivity (Wildman–Crippen MR) is 138 cm³/mol. The molecule has 0 fully saturated rings. The summed E-state index contributed by atoms with van der Waals surface area (Å²) in [6, 6.07) is 7.41. The van der Waals surface area contributed by atoms with Gasteiger partial charge >= 0.3 is 31.1 Å². The number of aromatic nitrogens is 3. The van der Waals surface area contributed by atoms with Crippen LogP contribution in [0.1, 0.15) is 46.3 Å². The molecule has 0 atom stereocenters. The predicted octanol–water partition coefficient (Wildman–Crippen LogP) is 5.12. The molecule has 0 aliphatic heterocycles. The molecule has 3 aromatic heterocycles. The van der Waals surface area contributed by atoms with Gasteiger partial charge in [0.15, 0.2) is 0 Å². The minimum Gasteiger partial charge on any atom is -0.506 e. The lowest BCUT2D eigenvalue weighted by atomic mass is 10.3. The molecular formula is C24H28ClF4N3O9. The standard InChI is InChI=1S/C8H7F2NO3.C7H5F2NO3.C7H7NO3.2CH4.ClH/c1-13-7(12)6-3-2-5(4-11-6)14-8(9)10;8-7(9)13-4-1-2-5(6(11)12)10-3-4;1-11-7(10)6-3-2-5(9)4-8-6;;;/h2-4,8H,1H3;1-3,7H,(H,11,12);2-4,9H,1H3;2*1H4;1H. The van der Waals surface area contributed by atoms with E-state index in [1.54, 1.807) is 0 Å². The van der Waals surface area contributed by atoms with Gasteiger partial charge in [0, 0.05) is 0 Å². The number of alkyl halides is 4. The van der Waals surface area contributed by atoms with Crippen LogP contribution in [0.2, 0.25) is 0 Å². The zero-order valence-corrected chi connectivity index (χ0v) is 20.7. The molecule has 41 heavy (non-hydrogen) atoms. The normalized spacial score (nSPS) is 9.07. The van der Waals surface area contributed by atoms with Crippen LogP contribution in [0.25, 0.3) is 0 Å². The van der Waals surface area contributed by atoms with E-state index in [9.17, 15) is 31.9 Å². The molecule has 12 nitrogen and oxygen atoms in total. The van der Waals surface area contributed by atoms with Gasteiger partial charge in [0.05, 0.1) is 32.8 Å². The third kappa shape index (κ3) is 16.1. The third-order valence-electron chi connectivity index (χ3n) is 3.68. The Balaban J connectivity index is -0.000000513. The van der Waals surface area contributed by atoms with Crippen LogP contribution < -0.4 is 9.47 Å². The quantitative estimate of drug-likeness (QED) is 0.267. The van der Waals surface area contributed by atoms with Gasteiger partial charge in [-0.2, -0.15) is 17.6 Å². The summed E-state index contributed by atoms with van der Waals surface area (Å²) in [5, 5.41) is 17.2. The molecule has 0 aliphatic carbocycles. The van der Waals surface area contributed by atoms with Crippen molar-refractivity contribution >= 4 is 30.3 Å². The van der Waals surface area contributed by atoms with Crippen molar-refractivity contribution in [3.05, 3.63) is 72.1 Å². The highest BCUT2D eigenvalue weighted by molar-refractivity contribution is 5.87. The number of hydrogen-bond acceptors (Lipinski definition) is 11.